The SMILES string of the molecule is CC(C)NC(=O)c1ccccc1SCc1nnnn1-c1ccccc1. The summed E-state index contributed by atoms with van der Waals surface area (Å²) in [5.74, 6) is 1.23. The summed E-state index contributed by atoms with van der Waals surface area (Å²) in [6, 6.07) is 17.4. The van der Waals surface area contributed by atoms with Crippen molar-refractivity contribution in [2.75, 3.05) is 0 Å². The van der Waals surface area contributed by atoms with Crippen LogP contribution in [0.1, 0.15) is 30.0 Å². The standard InChI is InChI=1S/C18H19N5OS/c1-13(2)19-18(24)15-10-6-7-11-16(15)25-12-17-20-21-22-23(17)14-8-4-3-5-9-14/h3-11,13H,12H2,1-2H3,(H,19,24). The molecule has 0 bridgehead atoms. The van der Waals surface area contributed by atoms with Gasteiger partial charge in [-0.05, 0) is 48.5 Å². The van der Waals surface area contributed by atoms with E-state index >= 15 is 0 Å². The van der Waals surface area contributed by atoms with E-state index in [0.717, 1.165) is 16.4 Å². The summed E-state index contributed by atoms with van der Waals surface area (Å²) < 4.78 is 1.71. The molecule has 0 spiro atoms. The number of nitrogens with zero attached hydrogens (tertiary/aromatic N) is 4. The van der Waals surface area contributed by atoms with Gasteiger partial charge in [0, 0.05) is 10.9 Å². The number of carbonyl (C=O) groups excluding carboxylic acids is 1. The molecule has 1 amide bonds. The number of aromatic nitrogens is 4. The zero-order chi connectivity index (χ0) is 17.6. The Morgan fingerprint density at radius 1 is 1.12 bits per heavy atom. The van der Waals surface area contributed by atoms with Gasteiger partial charge in [0.15, 0.2) is 5.82 Å². The fourth-order valence-electron chi connectivity index (χ4n) is 2.33. The first-order valence-corrected chi connectivity index (χ1v) is 8.99. The molecular formula is C18H19N5OS. The third-order valence-electron chi connectivity index (χ3n) is 3.44. The van der Waals surface area contributed by atoms with Gasteiger partial charge in [0.1, 0.15) is 0 Å². The summed E-state index contributed by atoms with van der Waals surface area (Å²) in [5, 5.41) is 14.9. The normalized spacial score (nSPS) is 10.8. The summed E-state index contributed by atoms with van der Waals surface area (Å²) in [6.07, 6.45) is 0. The number of hydrogen-bond acceptors (Lipinski definition) is 5. The fraction of sp³-hybridized carbons (Fsp3) is 0.222. The summed E-state index contributed by atoms with van der Waals surface area (Å²) in [5.41, 5.74) is 1.58. The van der Waals surface area contributed by atoms with Gasteiger partial charge in [-0.15, -0.1) is 16.9 Å². The van der Waals surface area contributed by atoms with Crippen molar-refractivity contribution >= 4 is 17.7 Å². The highest BCUT2D eigenvalue weighted by atomic mass is 32.2. The van der Waals surface area contributed by atoms with Crippen LogP contribution in [0.2, 0.25) is 0 Å². The maximum Gasteiger partial charge on any atom is 0.252 e. The summed E-state index contributed by atoms with van der Waals surface area (Å²) in [6.45, 7) is 3.89. The van der Waals surface area contributed by atoms with E-state index in [-0.39, 0.29) is 11.9 Å². The molecule has 0 atom stereocenters. The molecule has 3 aromatic rings. The highest BCUT2D eigenvalue weighted by molar-refractivity contribution is 7.98. The number of carbonyl (C=O) groups is 1. The van der Waals surface area contributed by atoms with Crippen molar-refractivity contribution in [2.45, 2.75) is 30.5 Å². The Labute approximate surface area is 150 Å². The van der Waals surface area contributed by atoms with E-state index in [1.54, 1.807) is 16.4 Å². The predicted molar refractivity (Wildman–Crippen MR) is 97.8 cm³/mol. The minimum absolute atomic E-state index is 0.0687. The van der Waals surface area contributed by atoms with Gasteiger partial charge in [0.2, 0.25) is 0 Å². The Bertz CT molecular complexity index is 847. The van der Waals surface area contributed by atoms with Gasteiger partial charge in [-0.1, -0.05) is 30.3 Å². The molecule has 0 aliphatic rings. The van der Waals surface area contributed by atoms with Crippen LogP contribution in [0.5, 0.6) is 0 Å². The minimum atomic E-state index is -0.0687. The lowest BCUT2D eigenvalue weighted by atomic mass is 10.2. The second-order valence-electron chi connectivity index (χ2n) is 5.76. The highest BCUT2D eigenvalue weighted by Crippen LogP contribution is 2.26. The van der Waals surface area contributed by atoms with Crippen LogP contribution in [-0.2, 0) is 5.75 Å². The number of hydrogen-bond donors (Lipinski definition) is 1. The van der Waals surface area contributed by atoms with Crippen molar-refractivity contribution in [3.05, 3.63) is 66.0 Å². The second kappa shape index (κ2) is 7.94. The van der Waals surface area contributed by atoms with Crippen molar-refractivity contribution in [1.29, 1.82) is 0 Å². The number of para-hydroxylation sites is 1. The van der Waals surface area contributed by atoms with E-state index in [1.807, 2.05) is 68.4 Å². The molecule has 0 unspecified atom stereocenters. The Balaban J connectivity index is 1.78. The molecule has 0 saturated carbocycles. The average Bonchev–Trinajstić information content (AvgIpc) is 3.09. The highest BCUT2D eigenvalue weighted by Gasteiger charge is 2.14. The van der Waals surface area contributed by atoms with Crippen LogP contribution >= 0.6 is 11.8 Å². The van der Waals surface area contributed by atoms with E-state index in [1.165, 1.54) is 0 Å². The predicted octanol–water partition coefficient (Wildman–Crippen LogP) is 3.09. The number of nitrogens with one attached hydrogen (secondary N) is 1. The van der Waals surface area contributed by atoms with Crippen LogP contribution in [-0.4, -0.2) is 32.2 Å². The van der Waals surface area contributed by atoms with Crippen molar-refractivity contribution < 1.29 is 4.79 Å². The largest absolute Gasteiger partial charge is 0.350 e. The molecule has 7 heteroatoms. The van der Waals surface area contributed by atoms with Gasteiger partial charge in [-0.2, -0.15) is 4.68 Å². The van der Waals surface area contributed by atoms with Crippen molar-refractivity contribution in [3.63, 3.8) is 0 Å². The van der Waals surface area contributed by atoms with E-state index in [2.05, 4.69) is 20.8 Å². The second-order valence-corrected chi connectivity index (χ2v) is 6.77. The van der Waals surface area contributed by atoms with Crippen molar-refractivity contribution in [3.8, 4) is 5.69 Å². The lowest BCUT2D eigenvalue weighted by molar-refractivity contribution is 0.0940. The van der Waals surface area contributed by atoms with Gasteiger partial charge in [-0.25, -0.2) is 0 Å². The third-order valence-corrected chi connectivity index (χ3v) is 4.51. The molecular weight excluding hydrogens is 334 g/mol. The summed E-state index contributed by atoms with van der Waals surface area (Å²) >= 11 is 1.54. The molecule has 0 saturated heterocycles. The monoisotopic (exact) mass is 353 g/mol. The van der Waals surface area contributed by atoms with E-state index in [4.69, 9.17) is 0 Å². The molecule has 6 nitrogen and oxygen atoms in total. The molecule has 0 radical (unpaired) electrons. The van der Waals surface area contributed by atoms with Gasteiger partial charge in [-0.3, -0.25) is 4.79 Å². The zero-order valence-electron chi connectivity index (χ0n) is 14.1. The molecule has 25 heavy (non-hydrogen) atoms. The first-order valence-electron chi connectivity index (χ1n) is 8.00. The number of benzene rings is 2. The molecule has 2 aromatic carbocycles. The molecule has 0 aliphatic heterocycles. The molecule has 0 aliphatic carbocycles. The van der Waals surface area contributed by atoms with Gasteiger partial charge in [0.25, 0.3) is 5.91 Å². The van der Waals surface area contributed by atoms with Gasteiger partial charge >= 0.3 is 0 Å². The quantitative estimate of drug-likeness (QED) is 0.690. The molecule has 3 rings (SSSR count). The molecule has 1 heterocycles. The fourth-order valence-corrected chi connectivity index (χ4v) is 3.28. The number of rotatable bonds is 6. The van der Waals surface area contributed by atoms with Crippen molar-refractivity contribution in [1.82, 2.24) is 25.5 Å². The minimum Gasteiger partial charge on any atom is -0.350 e. The molecule has 1 N–H and O–H groups in total. The van der Waals surface area contributed by atoms with Crippen LogP contribution in [0.15, 0.2) is 59.5 Å². The Kier molecular flexibility index (Phi) is 5.45. The maximum absolute atomic E-state index is 12.4. The zero-order valence-corrected chi connectivity index (χ0v) is 14.9. The summed E-state index contributed by atoms with van der Waals surface area (Å²) in [4.78, 5) is 13.3. The van der Waals surface area contributed by atoms with Crippen LogP contribution in [0.25, 0.3) is 5.69 Å². The lowest BCUT2D eigenvalue weighted by Gasteiger charge is -2.12. The van der Waals surface area contributed by atoms with Crippen LogP contribution < -0.4 is 5.32 Å². The van der Waals surface area contributed by atoms with Crippen LogP contribution in [0.4, 0.5) is 0 Å². The number of thioether (sulfide) groups is 1. The average molecular weight is 353 g/mol. The summed E-state index contributed by atoms with van der Waals surface area (Å²) in [7, 11) is 0. The maximum atomic E-state index is 12.4. The van der Waals surface area contributed by atoms with Gasteiger partial charge < -0.3 is 5.32 Å². The third kappa shape index (κ3) is 4.24. The van der Waals surface area contributed by atoms with Crippen LogP contribution in [0, 0.1) is 0 Å². The molecule has 1 aromatic heterocycles. The Morgan fingerprint density at radius 2 is 1.84 bits per heavy atom. The first-order chi connectivity index (χ1) is 12.1. The smallest absolute Gasteiger partial charge is 0.252 e. The first kappa shape index (κ1) is 17.2. The molecule has 0 fully saturated rings. The van der Waals surface area contributed by atoms with Crippen LogP contribution in [0.3, 0.4) is 0 Å². The van der Waals surface area contributed by atoms with Crippen molar-refractivity contribution in [2.24, 2.45) is 0 Å². The number of tetrazole rings is 1. The number of amides is 1. The van der Waals surface area contributed by atoms with E-state index < -0.39 is 0 Å². The van der Waals surface area contributed by atoms with E-state index in [0.29, 0.717) is 11.3 Å². The molecule has 128 valence electrons. The Hall–Kier alpha value is -2.67. The topological polar surface area (TPSA) is 72.7 Å². The lowest BCUT2D eigenvalue weighted by Crippen LogP contribution is -2.30. The Morgan fingerprint density at radius 3 is 2.60 bits per heavy atom. The van der Waals surface area contributed by atoms with Gasteiger partial charge in [0.05, 0.1) is 17.0 Å². The van der Waals surface area contributed by atoms with E-state index in [9.17, 15) is 4.79 Å².